The molecule has 100 valence electrons. The van der Waals surface area contributed by atoms with Crippen LogP contribution in [0.15, 0.2) is 6.07 Å². The second kappa shape index (κ2) is 6.11. The number of ether oxygens (including phenoxy) is 1. The van der Waals surface area contributed by atoms with Gasteiger partial charge in [-0.15, -0.1) is 0 Å². The average molecular weight is 250 g/mol. The average Bonchev–Trinajstić information content (AvgIpc) is 2.52. The molecule has 1 aromatic heterocycles. The highest BCUT2D eigenvalue weighted by Crippen LogP contribution is 2.12. The fraction of sp³-hybridized carbons (Fsp3) is 0.692. The van der Waals surface area contributed by atoms with Crippen molar-refractivity contribution < 1.29 is 4.74 Å². The van der Waals surface area contributed by atoms with Crippen LogP contribution in [0, 0.1) is 6.92 Å². The quantitative estimate of drug-likeness (QED) is 0.877. The van der Waals surface area contributed by atoms with E-state index in [1.54, 1.807) is 6.07 Å². The number of nitrogens with zero attached hydrogens (tertiary/aromatic N) is 3. The molecule has 5 nitrogen and oxygen atoms in total. The Morgan fingerprint density at radius 1 is 1.50 bits per heavy atom. The van der Waals surface area contributed by atoms with Gasteiger partial charge in [0.15, 0.2) is 0 Å². The molecule has 2 heterocycles. The van der Waals surface area contributed by atoms with Gasteiger partial charge in [-0.05, 0) is 19.8 Å². The van der Waals surface area contributed by atoms with Gasteiger partial charge in [0.25, 0.3) is 0 Å². The lowest BCUT2D eigenvalue weighted by Crippen LogP contribution is -2.31. The van der Waals surface area contributed by atoms with Gasteiger partial charge in [-0.1, -0.05) is 6.92 Å². The molecule has 1 unspecified atom stereocenters. The number of hydrogen-bond donors (Lipinski definition) is 1. The first-order chi connectivity index (χ1) is 8.67. The standard InChI is InChI=1S/C13H22N4O/c1-3-11-8-17(5-4-6-18-11)9-13-15-10(2)7-12(14)16-13/h7,11H,3-6,8-9H2,1-2H3,(H2,14,15,16). The SMILES string of the molecule is CCC1CN(Cc2nc(C)cc(N)n2)CCCO1. The number of aromatic nitrogens is 2. The first-order valence-corrected chi connectivity index (χ1v) is 6.61. The van der Waals surface area contributed by atoms with Crippen LogP contribution in [0.25, 0.3) is 0 Å². The molecule has 0 saturated carbocycles. The van der Waals surface area contributed by atoms with Crippen LogP contribution < -0.4 is 5.73 Å². The summed E-state index contributed by atoms with van der Waals surface area (Å²) in [6.45, 7) is 7.70. The summed E-state index contributed by atoms with van der Waals surface area (Å²) in [6.07, 6.45) is 2.44. The van der Waals surface area contributed by atoms with Crippen LogP contribution in [0.4, 0.5) is 5.82 Å². The summed E-state index contributed by atoms with van der Waals surface area (Å²) in [6, 6.07) is 1.80. The van der Waals surface area contributed by atoms with E-state index in [0.29, 0.717) is 11.9 Å². The van der Waals surface area contributed by atoms with Gasteiger partial charge in [0.2, 0.25) is 0 Å². The molecule has 1 atom stereocenters. The van der Waals surface area contributed by atoms with Gasteiger partial charge < -0.3 is 10.5 Å². The molecule has 1 aromatic rings. The van der Waals surface area contributed by atoms with Crippen molar-refractivity contribution in [1.29, 1.82) is 0 Å². The van der Waals surface area contributed by atoms with Crippen molar-refractivity contribution in [1.82, 2.24) is 14.9 Å². The zero-order chi connectivity index (χ0) is 13.0. The number of hydrogen-bond acceptors (Lipinski definition) is 5. The van der Waals surface area contributed by atoms with Crippen molar-refractivity contribution in [3.8, 4) is 0 Å². The number of nitrogen functional groups attached to an aromatic ring is 1. The van der Waals surface area contributed by atoms with Crippen molar-refractivity contribution in [2.45, 2.75) is 39.3 Å². The summed E-state index contributed by atoms with van der Waals surface area (Å²) in [7, 11) is 0. The maximum absolute atomic E-state index is 5.76. The highest BCUT2D eigenvalue weighted by molar-refractivity contribution is 5.29. The molecule has 0 aromatic carbocycles. The molecule has 5 heteroatoms. The lowest BCUT2D eigenvalue weighted by molar-refractivity contribution is 0.0507. The minimum absolute atomic E-state index is 0.328. The van der Waals surface area contributed by atoms with Crippen molar-refractivity contribution >= 4 is 5.82 Å². The Labute approximate surface area is 108 Å². The Kier molecular flexibility index (Phi) is 4.49. The van der Waals surface area contributed by atoms with E-state index in [2.05, 4.69) is 21.8 Å². The van der Waals surface area contributed by atoms with Crippen molar-refractivity contribution in [2.75, 3.05) is 25.4 Å². The van der Waals surface area contributed by atoms with E-state index in [-0.39, 0.29) is 0 Å². The fourth-order valence-electron chi connectivity index (χ4n) is 2.29. The van der Waals surface area contributed by atoms with Crippen molar-refractivity contribution in [2.24, 2.45) is 0 Å². The monoisotopic (exact) mass is 250 g/mol. The van der Waals surface area contributed by atoms with Gasteiger partial charge in [-0.2, -0.15) is 0 Å². The molecule has 2 N–H and O–H groups in total. The second-order valence-electron chi connectivity index (χ2n) is 4.84. The van der Waals surface area contributed by atoms with E-state index in [4.69, 9.17) is 10.5 Å². The molecule has 1 aliphatic heterocycles. The van der Waals surface area contributed by atoms with E-state index >= 15 is 0 Å². The molecule has 0 radical (unpaired) electrons. The predicted octanol–water partition coefficient (Wildman–Crippen LogP) is 1.37. The van der Waals surface area contributed by atoms with E-state index in [9.17, 15) is 0 Å². The molecule has 0 aliphatic carbocycles. The number of anilines is 1. The van der Waals surface area contributed by atoms with Gasteiger partial charge in [0, 0.05) is 31.5 Å². The first kappa shape index (κ1) is 13.2. The Morgan fingerprint density at radius 3 is 3.06 bits per heavy atom. The van der Waals surface area contributed by atoms with Crippen LogP contribution in [0.3, 0.4) is 0 Å². The minimum Gasteiger partial charge on any atom is -0.384 e. The summed E-state index contributed by atoms with van der Waals surface area (Å²) in [5.41, 5.74) is 6.68. The second-order valence-corrected chi connectivity index (χ2v) is 4.84. The maximum Gasteiger partial charge on any atom is 0.144 e. The topological polar surface area (TPSA) is 64.3 Å². The summed E-state index contributed by atoms with van der Waals surface area (Å²) < 4.78 is 5.76. The number of nitrogens with two attached hydrogens (primary N) is 1. The Bertz CT molecular complexity index is 376. The summed E-state index contributed by atoms with van der Waals surface area (Å²) >= 11 is 0. The summed E-state index contributed by atoms with van der Waals surface area (Å²) in [4.78, 5) is 11.1. The van der Waals surface area contributed by atoms with Gasteiger partial charge in [-0.25, -0.2) is 9.97 Å². The molecule has 18 heavy (non-hydrogen) atoms. The largest absolute Gasteiger partial charge is 0.384 e. The van der Waals surface area contributed by atoms with Crippen LogP contribution >= 0.6 is 0 Å². The van der Waals surface area contributed by atoms with Crippen LogP contribution in [0.2, 0.25) is 0 Å². The normalized spacial score (nSPS) is 21.8. The van der Waals surface area contributed by atoms with E-state index < -0.39 is 0 Å². The highest BCUT2D eigenvalue weighted by Gasteiger charge is 2.18. The zero-order valence-corrected chi connectivity index (χ0v) is 11.2. The van der Waals surface area contributed by atoms with Gasteiger partial charge >= 0.3 is 0 Å². The fourth-order valence-corrected chi connectivity index (χ4v) is 2.29. The van der Waals surface area contributed by atoms with Gasteiger partial charge in [-0.3, -0.25) is 4.90 Å². The third kappa shape index (κ3) is 3.65. The van der Waals surface area contributed by atoms with E-state index in [0.717, 1.165) is 50.6 Å². The van der Waals surface area contributed by atoms with Gasteiger partial charge in [0.1, 0.15) is 11.6 Å². The molecule has 1 saturated heterocycles. The van der Waals surface area contributed by atoms with Crippen LogP contribution in [0.5, 0.6) is 0 Å². The molecular formula is C13H22N4O. The molecule has 0 amide bonds. The molecular weight excluding hydrogens is 228 g/mol. The van der Waals surface area contributed by atoms with E-state index in [1.165, 1.54) is 0 Å². The van der Waals surface area contributed by atoms with Crippen molar-refractivity contribution in [3.05, 3.63) is 17.6 Å². The minimum atomic E-state index is 0.328. The predicted molar refractivity (Wildman–Crippen MR) is 71.1 cm³/mol. The zero-order valence-electron chi connectivity index (χ0n) is 11.2. The third-order valence-electron chi connectivity index (χ3n) is 3.17. The summed E-state index contributed by atoms with van der Waals surface area (Å²) in [5.74, 6) is 1.36. The van der Waals surface area contributed by atoms with E-state index in [1.807, 2.05) is 6.92 Å². The maximum atomic E-state index is 5.76. The number of aryl methyl sites for hydroxylation is 1. The van der Waals surface area contributed by atoms with Crippen LogP contribution in [-0.2, 0) is 11.3 Å². The molecule has 1 aliphatic rings. The Balaban J connectivity index is 2.02. The van der Waals surface area contributed by atoms with Crippen molar-refractivity contribution in [3.63, 3.8) is 0 Å². The van der Waals surface area contributed by atoms with Crippen LogP contribution in [-0.4, -0.2) is 40.7 Å². The Morgan fingerprint density at radius 2 is 2.33 bits per heavy atom. The van der Waals surface area contributed by atoms with Gasteiger partial charge in [0.05, 0.1) is 12.6 Å². The molecule has 0 spiro atoms. The number of rotatable bonds is 3. The summed E-state index contributed by atoms with van der Waals surface area (Å²) in [5, 5.41) is 0. The molecule has 1 fully saturated rings. The smallest absolute Gasteiger partial charge is 0.144 e. The lowest BCUT2D eigenvalue weighted by atomic mass is 10.2. The van der Waals surface area contributed by atoms with Crippen LogP contribution in [0.1, 0.15) is 31.3 Å². The highest BCUT2D eigenvalue weighted by atomic mass is 16.5. The Hall–Kier alpha value is -1.20. The molecule has 0 bridgehead atoms. The molecule has 2 rings (SSSR count). The lowest BCUT2D eigenvalue weighted by Gasteiger charge is -2.22. The third-order valence-corrected chi connectivity index (χ3v) is 3.17. The first-order valence-electron chi connectivity index (χ1n) is 6.61.